The van der Waals surface area contributed by atoms with Gasteiger partial charge in [-0.25, -0.2) is 9.78 Å². The quantitative estimate of drug-likeness (QED) is 0.785. The van der Waals surface area contributed by atoms with Gasteiger partial charge in [-0.3, -0.25) is 0 Å². The number of fused-ring (bicyclic) bond motifs is 1. The Morgan fingerprint density at radius 3 is 2.36 bits per heavy atom. The summed E-state index contributed by atoms with van der Waals surface area (Å²) >= 11 is 0. The van der Waals surface area contributed by atoms with Crippen LogP contribution in [0.25, 0.3) is 16.8 Å². The number of hydrogen-bond acceptors (Lipinski definition) is 2. The van der Waals surface area contributed by atoms with Crippen molar-refractivity contribution in [2.45, 2.75) is 6.18 Å². The number of aromatic nitrogens is 2. The largest absolute Gasteiger partial charge is 0.476 e. The van der Waals surface area contributed by atoms with Crippen LogP contribution in [0, 0.1) is 0 Å². The van der Waals surface area contributed by atoms with Crippen LogP contribution in [0.4, 0.5) is 13.2 Å². The smallest absolute Gasteiger partial charge is 0.420 e. The van der Waals surface area contributed by atoms with Gasteiger partial charge >= 0.3 is 12.1 Å². The maximum atomic E-state index is 13.2. The van der Waals surface area contributed by atoms with Gasteiger partial charge in [-0.1, -0.05) is 30.3 Å². The van der Waals surface area contributed by atoms with Crippen LogP contribution in [0.5, 0.6) is 0 Å². The number of benzene rings is 1. The summed E-state index contributed by atoms with van der Waals surface area (Å²) in [4.78, 5) is 14.5. The molecule has 0 amide bonds. The Morgan fingerprint density at radius 1 is 1.09 bits per heavy atom. The summed E-state index contributed by atoms with van der Waals surface area (Å²) < 4.78 is 40.8. The first kappa shape index (κ1) is 14.1. The van der Waals surface area contributed by atoms with E-state index in [1.54, 1.807) is 30.3 Å². The molecule has 1 aromatic carbocycles. The number of aromatic carboxylic acids is 1. The van der Waals surface area contributed by atoms with E-state index in [4.69, 9.17) is 5.11 Å². The molecule has 0 fully saturated rings. The average molecular weight is 306 g/mol. The van der Waals surface area contributed by atoms with E-state index in [1.165, 1.54) is 6.20 Å². The molecule has 0 bridgehead atoms. The molecule has 112 valence electrons. The fraction of sp³-hybridized carbons (Fsp3) is 0.0667. The number of alkyl halides is 3. The fourth-order valence-corrected chi connectivity index (χ4v) is 2.20. The normalized spacial score (nSPS) is 11.8. The highest BCUT2D eigenvalue weighted by Gasteiger charge is 2.35. The van der Waals surface area contributed by atoms with E-state index in [0.717, 1.165) is 16.7 Å². The zero-order chi connectivity index (χ0) is 15.9. The predicted octanol–water partition coefficient (Wildman–Crippen LogP) is 3.72. The van der Waals surface area contributed by atoms with Gasteiger partial charge in [0.1, 0.15) is 5.65 Å². The van der Waals surface area contributed by atoms with Crippen LogP contribution in [0.3, 0.4) is 0 Å². The van der Waals surface area contributed by atoms with E-state index in [-0.39, 0.29) is 0 Å². The Labute approximate surface area is 122 Å². The van der Waals surface area contributed by atoms with E-state index in [1.807, 2.05) is 0 Å². The van der Waals surface area contributed by atoms with Crippen LogP contribution in [-0.2, 0) is 6.18 Å². The summed E-state index contributed by atoms with van der Waals surface area (Å²) in [6.45, 7) is 0. The molecular weight excluding hydrogens is 297 g/mol. The molecule has 0 aliphatic carbocycles. The first-order chi connectivity index (χ1) is 10.4. The highest BCUT2D eigenvalue weighted by atomic mass is 19.4. The molecule has 7 heteroatoms. The molecule has 3 aromatic rings. The first-order valence-corrected chi connectivity index (χ1v) is 6.25. The molecule has 0 aliphatic heterocycles. The molecule has 0 aliphatic rings. The van der Waals surface area contributed by atoms with Crippen LogP contribution in [0.2, 0.25) is 0 Å². The van der Waals surface area contributed by atoms with Crippen molar-refractivity contribution in [1.29, 1.82) is 0 Å². The van der Waals surface area contributed by atoms with Crippen LogP contribution in [0.15, 0.2) is 48.8 Å². The Hall–Kier alpha value is -2.83. The van der Waals surface area contributed by atoms with Gasteiger partial charge in [0.05, 0.1) is 5.56 Å². The third kappa shape index (κ3) is 2.41. The summed E-state index contributed by atoms with van der Waals surface area (Å²) in [5.74, 6) is -1.38. The van der Waals surface area contributed by atoms with Crippen molar-refractivity contribution in [1.82, 2.24) is 9.38 Å². The van der Waals surface area contributed by atoms with Crippen molar-refractivity contribution in [2.75, 3.05) is 0 Å². The van der Waals surface area contributed by atoms with Crippen LogP contribution in [0.1, 0.15) is 16.1 Å². The van der Waals surface area contributed by atoms with Crippen LogP contribution in [-0.4, -0.2) is 20.5 Å². The molecule has 0 spiro atoms. The topological polar surface area (TPSA) is 54.6 Å². The molecule has 1 N–H and O–H groups in total. The molecule has 0 saturated carbocycles. The van der Waals surface area contributed by atoms with E-state index in [2.05, 4.69) is 4.98 Å². The van der Waals surface area contributed by atoms with Crippen molar-refractivity contribution in [3.8, 4) is 11.1 Å². The standard InChI is InChI=1S/C15H9F3N2O2/c16-15(17,18)11-6-10(9-4-2-1-3-5-9)7-20-8-12(14(21)22)19-13(11)20/h1-8H,(H,21,22). The van der Waals surface area contributed by atoms with Crippen molar-refractivity contribution in [2.24, 2.45) is 0 Å². The molecule has 2 heterocycles. The lowest BCUT2D eigenvalue weighted by Gasteiger charge is -2.11. The minimum atomic E-state index is -4.63. The van der Waals surface area contributed by atoms with E-state index in [0.29, 0.717) is 11.1 Å². The van der Waals surface area contributed by atoms with Crippen LogP contribution < -0.4 is 0 Å². The average Bonchev–Trinajstić information content (AvgIpc) is 2.90. The highest BCUT2D eigenvalue weighted by molar-refractivity contribution is 5.86. The number of imidazole rings is 1. The summed E-state index contributed by atoms with van der Waals surface area (Å²) in [6.07, 6.45) is -2.13. The number of carboxylic acid groups (broad SMARTS) is 1. The third-order valence-electron chi connectivity index (χ3n) is 3.18. The molecule has 2 aromatic heterocycles. The van der Waals surface area contributed by atoms with E-state index in [9.17, 15) is 18.0 Å². The van der Waals surface area contributed by atoms with Gasteiger partial charge in [-0.05, 0) is 17.2 Å². The number of halogens is 3. The summed E-state index contributed by atoms with van der Waals surface area (Å²) in [5, 5.41) is 8.91. The number of carboxylic acids is 1. The Bertz CT molecular complexity index is 854. The predicted molar refractivity (Wildman–Crippen MR) is 72.6 cm³/mol. The minimum absolute atomic E-state index is 0.328. The van der Waals surface area contributed by atoms with Crippen LogP contribution >= 0.6 is 0 Å². The van der Waals surface area contributed by atoms with Gasteiger partial charge in [0, 0.05) is 12.4 Å². The summed E-state index contributed by atoms with van der Waals surface area (Å²) in [7, 11) is 0. The third-order valence-corrected chi connectivity index (χ3v) is 3.18. The molecule has 4 nitrogen and oxygen atoms in total. The Balaban J connectivity index is 2.31. The van der Waals surface area contributed by atoms with Gasteiger partial charge in [-0.15, -0.1) is 0 Å². The number of pyridine rings is 1. The second kappa shape index (κ2) is 4.87. The Kier molecular flexibility index (Phi) is 3.13. The molecule has 22 heavy (non-hydrogen) atoms. The fourth-order valence-electron chi connectivity index (χ4n) is 2.20. The van der Waals surface area contributed by atoms with Gasteiger partial charge in [0.15, 0.2) is 5.69 Å². The number of hydrogen-bond donors (Lipinski definition) is 1. The second-order valence-electron chi connectivity index (χ2n) is 4.67. The molecule has 3 rings (SSSR count). The van der Waals surface area contributed by atoms with E-state index >= 15 is 0 Å². The number of carbonyl (C=O) groups is 1. The SMILES string of the molecule is O=C(O)c1cn2cc(-c3ccccc3)cc(C(F)(F)F)c2n1. The lowest BCUT2D eigenvalue weighted by atomic mass is 10.1. The van der Waals surface area contributed by atoms with Gasteiger partial charge in [0.25, 0.3) is 0 Å². The summed E-state index contributed by atoms with van der Waals surface area (Å²) in [6, 6.07) is 9.51. The van der Waals surface area contributed by atoms with Crippen molar-refractivity contribution in [3.05, 3.63) is 60.0 Å². The maximum absolute atomic E-state index is 13.2. The highest BCUT2D eigenvalue weighted by Crippen LogP contribution is 2.35. The first-order valence-electron chi connectivity index (χ1n) is 6.25. The molecular formula is C15H9F3N2O2. The second-order valence-corrected chi connectivity index (χ2v) is 4.67. The molecule has 0 radical (unpaired) electrons. The lowest BCUT2D eigenvalue weighted by Crippen LogP contribution is -2.08. The lowest BCUT2D eigenvalue weighted by molar-refractivity contribution is -0.136. The molecule has 0 unspecified atom stereocenters. The monoisotopic (exact) mass is 306 g/mol. The van der Waals surface area contributed by atoms with Gasteiger partial charge < -0.3 is 9.51 Å². The number of rotatable bonds is 2. The zero-order valence-electron chi connectivity index (χ0n) is 11.0. The number of nitrogens with zero attached hydrogens (tertiary/aromatic N) is 2. The van der Waals surface area contributed by atoms with Gasteiger partial charge in [-0.2, -0.15) is 13.2 Å². The van der Waals surface area contributed by atoms with Crippen molar-refractivity contribution < 1.29 is 23.1 Å². The summed E-state index contributed by atoms with van der Waals surface area (Å²) in [5.41, 5.74) is -0.906. The Morgan fingerprint density at radius 2 is 1.77 bits per heavy atom. The van der Waals surface area contributed by atoms with Crippen molar-refractivity contribution in [3.63, 3.8) is 0 Å². The zero-order valence-corrected chi connectivity index (χ0v) is 11.0. The molecule has 0 atom stereocenters. The van der Waals surface area contributed by atoms with Crippen molar-refractivity contribution >= 4 is 11.6 Å². The van der Waals surface area contributed by atoms with Gasteiger partial charge in [0.2, 0.25) is 0 Å². The maximum Gasteiger partial charge on any atom is 0.420 e. The minimum Gasteiger partial charge on any atom is -0.476 e. The van der Waals surface area contributed by atoms with E-state index < -0.39 is 29.1 Å². The molecule has 0 saturated heterocycles.